The van der Waals surface area contributed by atoms with Gasteiger partial charge in [-0.15, -0.1) is 0 Å². The van der Waals surface area contributed by atoms with Gasteiger partial charge in [0.1, 0.15) is 17.5 Å². The second kappa shape index (κ2) is 12.9. The molecule has 0 radical (unpaired) electrons. The first kappa shape index (κ1) is 30.3. The van der Waals surface area contributed by atoms with Crippen molar-refractivity contribution in [2.45, 2.75) is 39.2 Å². The molecular weight excluding hydrogens is 550 g/mol. The van der Waals surface area contributed by atoms with Crippen LogP contribution in [0.4, 0.5) is 34.8 Å². The molecule has 0 saturated carbocycles. The summed E-state index contributed by atoms with van der Waals surface area (Å²) in [5, 5.41) is 5.60. The lowest BCUT2D eigenvalue weighted by molar-refractivity contribution is -0.119. The number of halogens is 4. The largest absolute Gasteiger partial charge is 0.356 e. The highest BCUT2D eigenvalue weighted by Crippen LogP contribution is 2.39. The number of aromatic amines is 1. The van der Waals surface area contributed by atoms with Gasteiger partial charge in [-0.2, -0.15) is 0 Å². The number of pyridine rings is 1. The van der Waals surface area contributed by atoms with Gasteiger partial charge in [0, 0.05) is 43.4 Å². The van der Waals surface area contributed by atoms with Crippen LogP contribution in [0.25, 0.3) is 11.3 Å². The van der Waals surface area contributed by atoms with Crippen molar-refractivity contribution in [3.05, 3.63) is 95.9 Å². The van der Waals surface area contributed by atoms with Gasteiger partial charge in [0.15, 0.2) is 0 Å². The molecule has 0 spiro atoms. The van der Waals surface area contributed by atoms with Crippen molar-refractivity contribution in [2.24, 2.45) is 5.92 Å². The second-order valence-corrected chi connectivity index (χ2v) is 9.98. The quantitative estimate of drug-likeness (QED) is 0.175. The molecule has 2 unspecified atom stereocenters. The van der Waals surface area contributed by atoms with E-state index in [4.69, 9.17) is 0 Å². The Balaban J connectivity index is 1.70. The lowest BCUT2D eigenvalue weighted by atomic mass is 9.95. The van der Waals surface area contributed by atoms with E-state index in [1.54, 1.807) is 36.2 Å². The molecule has 1 aliphatic rings. The van der Waals surface area contributed by atoms with Crippen LogP contribution in [0.3, 0.4) is 0 Å². The molecule has 0 fully saturated rings. The van der Waals surface area contributed by atoms with E-state index in [0.29, 0.717) is 34.6 Å². The van der Waals surface area contributed by atoms with Crippen molar-refractivity contribution in [2.75, 3.05) is 17.7 Å². The number of anilines is 3. The third-order valence-electron chi connectivity index (χ3n) is 7.12. The van der Waals surface area contributed by atoms with Crippen LogP contribution >= 0.6 is 0 Å². The maximum atomic E-state index is 14.6. The van der Waals surface area contributed by atoms with Crippen molar-refractivity contribution in [3.63, 3.8) is 0 Å². The number of hydrogen-bond acceptors (Lipinski definition) is 4. The van der Waals surface area contributed by atoms with Gasteiger partial charge >= 0.3 is 0 Å². The van der Waals surface area contributed by atoms with Crippen molar-refractivity contribution < 1.29 is 27.2 Å². The van der Waals surface area contributed by atoms with Crippen LogP contribution < -0.4 is 10.6 Å². The molecular formula is C31H31F4N5O2. The fourth-order valence-corrected chi connectivity index (χ4v) is 4.66. The minimum absolute atomic E-state index is 0.00567. The van der Waals surface area contributed by atoms with Crippen LogP contribution in [0.1, 0.15) is 36.3 Å². The average Bonchev–Trinajstić information content (AvgIpc) is 3.32. The molecule has 3 aromatic rings. The Bertz CT molecular complexity index is 1560. The minimum atomic E-state index is -2.81. The summed E-state index contributed by atoms with van der Waals surface area (Å²) >= 11 is 0. The number of para-hydroxylation sites is 1. The van der Waals surface area contributed by atoms with E-state index in [-0.39, 0.29) is 29.0 Å². The number of hydrogen-bond donors (Lipinski definition) is 3. The first-order chi connectivity index (χ1) is 20.0. The summed E-state index contributed by atoms with van der Waals surface area (Å²) in [7, 11) is 1.70. The lowest BCUT2D eigenvalue weighted by Crippen LogP contribution is -2.41. The van der Waals surface area contributed by atoms with Crippen LogP contribution in [-0.4, -0.2) is 46.2 Å². The molecule has 2 amide bonds. The van der Waals surface area contributed by atoms with Crippen molar-refractivity contribution in [3.8, 4) is 11.3 Å². The van der Waals surface area contributed by atoms with Gasteiger partial charge in [0.05, 0.1) is 28.6 Å². The van der Waals surface area contributed by atoms with Crippen LogP contribution in [0.2, 0.25) is 0 Å². The highest BCUT2D eigenvalue weighted by atomic mass is 19.3. The number of amides is 2. The summed E-state index contributed by atoms with van der Waals surface area (Å²) in [6.45, 7) is 7.07. The number of alkyl halides is 2. The fourth-order valence-electron chi connectivity index (χ4n) is 4.66. The van der Waals surface area contributed by atoms with Crippen molar-refractivity contribution >= 4 is 29.0 Å². The smallest absolute Gasteiger partial charge is 0.257 e. The molecule has 0 bridgehead atoms. The molecule has 0 aliphatic carbocycles. The zero-order chi connectivity index (χ0) is 30.6. The van der Waals surface area contributed by atoms with Crippen LogP contribution in [-0.2, 0) is 11.2 Å². The molecule has 7 nitrogen and oxygen atoms in total. The summed E-state index contributed by atoms with van der Waals surface area (Å²) in [5.74, 6) is -3.45. The van der Waals surface area contributed by atoms with Gasteiger partial charge in [-0.1, -0.05) is 30.9 Å². The van der Waals surface area contributed by atoms with Crippen LogP contribution in [0.15, 0.2) is 78.8 Å². The Morgan fingerprint density at radius 2 is 2.00 bits per heavy atom. The van der Waals surface area contributed by atoms with Gasteiger partial charge in [0.2, 0.25) is 12.3 Å². The normalized spacial score (nSPS) is 16.1. The fraction of sp³-hybridized carbons (Fsp3) is 0.258. The highest BCUT2D eigenvalue weighted by molar-refractivity contribution is 6.06. The number of carbonyl (C=O) groups is 2. The van der Waals surface area contributed by atoms with Gasteiger partial charge in [-0.3, -0.25) is 9.59 Å². The molecule has 220 valence electrons. The van der Waals surface area contributed by atoms with Crippen molar-refractivity contribution in [1.29, 1.82) is 0 Å². The van der Waals surface area contributed by atoms with E-state index in [0.717, 1.165) is 6.08 Å². The SMILES string of the molecule is C=C(/C=C\C(F)=C/C)C(CC(F)F)C(=O)Nc1cc(-c2[nH]c3c(c2Nc2ccccc2F)C(=O)N(C)C(C)C3)ccn1. The Hall–Kier alpha value is -4.67. The van der Waals surface area contributed by atoms with Gasteiger partial charge in [-0.25, -0.2) is 22.5 Å². The number of benzene rings is 1. The number of H-pyrrole nitrogens is 1. The topological polar surface area (TPSA) is 90.1 Å². The van der Waals surface area contributed by atoms with E-state index in [1.165, 1.54) is 37.4 Å². The van der Waals surface area contributed by atoms with E-state index in [2.05, 4.69) is 27.2 Å². The summed E-state index contributed by atoms with van der Waals surface area (Å²) in [6.07, 6.45) is 1.71. The number of aromatic nitrogens is 2. The molecule has 1 aromatic carbocycles. The predicted octanol–water partition coefficient (Wildman–Crippen LogP) is 7.17. The van der Waals surface area contributed by atoms with E-state index in [1.807, 2.05) is 6.92 Å². The third kappa shape index (κ3) is 6.62. The summed E-state index contributed by atoms with van der Waals surface area (Å²) in [5.41, 5.74) is 2.49. The number of allylic oxidation sites excluding steroid dienone is 4. The van der Waals surface area contributed by atoms with E-state index < -0.39 is 36.3 Å². The van der Waals surface area contributed by atoms with Gasteiger partial charge < -0.3 is 20.5 Å². The average molecular weight is 582 g/mol. The standard InChI is InChI=1S/C31H31F4N5O2/c1-5-20(32)11-10-17(2)21(16-25(34)35)30(41)39-26-15-19(12-13-36-26)28-29(37-23-9-7-6-8-22(23)33)27-24(38-28)14-18(3)40(4)31(27)42/h5-13,15,18,21,25,37-38H,2,14,16H2,1,3-4H3,(H,36,39,41)/b11-10-,20-5+. The number of carbonyl (C=O) groups excluding carboxylic acids is 2. The molecule has 11 heteroatoms. The monoisotopic (exact) mass is 581 g/mol. The van der Waals surface area contributed by atoms with Crippen LogP contribution in [0.5, 0.6) is 0 Å². The van der Waals surface area contributed by atoms with Crippen molar-refractivity contribution in [1.82, 2.24) is 14.9 Å². The zero-order valence-electron chi connectivity index (χ0n) is 23.3. The maximum absolute atomic E-state index is 14.6. The molecule has 1 aliphatic heterocycles. The molecule has 42 heavy (non-hydrogen) atoms. The Morgan fingerprint density at radius 3 is 2.69 bits per heavy atom. The molecule has 2 atom stereocenters. The molecule has 4 rings (SSSR count). The maximum Gasteiger partial charge on any atom is 0.257 e. The zero-order valence-corrected chi connectivity index (χ0v) is 23.3. The predicted molar refractivity (Wildman–Crippen MR) is 155 cm³/mol. The Morgan fingerprint density at radius 1 is 1.26 bits per heavy atom. The molecule has 3 N–H and O–H groups in total. The summed E-state index contributed by atoms with van der Waals surface area (Å²) in [4.78, 5) is 35.4. The molecule has 0 saturated heterocycles. The first-order valence-corrected chi connectivity index (χ1v) is 13.3. The van der Waals surface area contributed by atoms with Crippen LogP contribution in [0, 0.1) is 11.7 Å². The highest BCUT2D eigenvalue weighted by Gasteiger charge is 2.34. The Kier molecular flexibility index (Phi) is 9.29. The number of rotatable bonds is 10. The van der Waals surface area contributed by atoms with Gasteiger partial charge in [0.25, 0.3) is 5.91 Å². The second-order valence-electron chi connectivity index (χ2n) is 9.98. The lowest BCUT2D eigenvalue weighted by Gasteiger charge is -2.30. The summed E-state index contributed by atoms with van der Waals surface area (Å²) in [6, 6.07) is 9.11. The number of nitrogens with zero attached hydrogens (tertiary/aromatic N) is 2. The number of fused-ring (bicyclic) bond motifs is 1. The molecule has 2 aromatic heterocycles. The Labute approximate surface area is 241 Å². The number of nitrogens with one attached hydrogen (secondary N) is 3. The summed E-state index contributed by atoms with van der Waals surface area (Å²) < 4.78 is 54.8. The first-order valence-electron chi connectivity index (χ1n) is 13.3. The molecule has 3 heterocycles. The third-order valence-corrected chi connectivity index (χ3v) is 7.12. The number of likely N-dealkylation sites (N-methyl/N-ethyl adjacent to an activating group) is 1. The van der Waals surface area contributed by atoms with E-state index >= 15 is 0 Å². The van der Waals surface area contributed by atoms with E-state index in [9.17, 15) is 27.2 Å². The minimum Gasteiger partial charge on any atom is -0.356 e. The van der Waals surface area contributed by atoms with Gasteiger partial charge in [-0.05, 0) is 49.8 Å².